The van der Waals surface area contributed by atoms with E-state index in [4.69, 9.17) is 4.74 Å². The van der Waals surface area contributed by atoms with Crippen LogP contribution in [0.5, 0.6) is 11.5 Å². The van der Waals surface area contributed by atoms with Crippen molar-refractivity contribution in [3.05, 3.63) is 59.4 Å². The molecule has 0 bridgehead atoms. The van der Waals surface area contributed by atoms with E-state index in [1.54, 1.807) is 13.0 Å². The fourth-order valence-corrected chi connectivity index (χ4v) is 2.11. The standard InChI is InChI=1S/C18H16F3NO3/c1-11-6-8-13(19)10-14(11)22-16(23)9-7-12-4-3-5-15(24-2)17(12)25-18(20)21/h3-10,18H,1-2H3,(H,22,23). The Bertz CT molecular complexity index is 791. The highest BCUT2D eigenvalue weighted by Crippen LogP contribution is 2.33. The number of methoxy groups -OCH3 is 1. The summed E-state index contributed by atoms with van der Waals surface area (Å²) in [6.07, 6.45) is 2.45. The summed E-state index contributed by atoms with van der Waals surface area (Å²) < 4.78 is 47.8. The average molecular weight is 351 g/mol. The molecule has 0 fully saturated rings. The van der Waals surface area contributed by atoms with Crippen molar-refractivity contribution >= 4 is 17.7 Å². The monoisotopic (exact) mass is 351 g/mol. The lowest BCUT2D eigenvalue weighted by Crippen LogP contribution is -2.09. The van der Waals surface area contributed by atoms with Crippen LogP contribution in [0, 0.1) is 12.7 Å². The first-order chi connectivity index (χ1) is 11.9. The first-order valence-electron chi connectivity index (χ1n) is 7.27. The summed E-state index contributed by atoms with van der Waals surface area (Å²) in [7, 11) is 1.32. The predicted octanol–water partition coefficient (Wildman–Crippen LogP) is 4.40. The van der Waals surface area contributed by atoms with Crippen LogP contribution in [0.4, 0.5) is 18.9 Å². The summed E-state index contributed by atoms with van der Waals surface area (Å²) >= 11 is 0. The number of alkyl halides is 2. The van der Waals surface area contributed by atoms with Crippen LogP contribution in [0.15, 0.2) is 42.5 Å². The lowest BCUT2D eigenvalue weighted by molar-refractivity contribution is -0.111. The minimum absolute atomic E-state index is 0.115. The maximum absolute atomic E-state index is 13.2. The van der Waals surface area contributed by atoms with Crippen molar-refractivity contribution in [1.29, 1.82) is 0 Å². The topological polar surface area (TPSA) is 47.6 Å². The van der Waals surface area contributed by atoms with E-state index in [0.29, 0.717) is 11.3 Å². The van der Waals surface area contributed by atoms with E-state index in [1.807, 2.05) is 0 Å². The van der Waals surface area contributed by atoms with Gasteiger partial charge in [-0.3, -0.25) is 4.79 Å². The number of amides is 1. The molecule has 25 heavy (non-hydrogen) atoms. The maximum Gasteiger partial charge on any atom is 0.387 e. The Morgan fingerprint density at radius 1 is 1.24 bits per heavy atom. The molecule has 4 nitrogen and oxygen atoms in total. The Morgan fingerprint density at radius 3 is 2.68 bits per heavy atom. The number of carbonyl (C=O) groups is 1. The second kappa shape index (κ2) is 8.23. The number of hydrogen-bond donors (Lipinski definition) is 1. The normalized spacial score (nSPS) is 11.0. The quantitative estimate of drug-likeness (QED) is 0.785. The minimum Gasteiger partial charge on any atom is -0.493 e. The van der Waals surface area contributed by atoms with E-state index >= 15 is 0 Å². The first kappa shape index (κ1) is 18.4. The van der Waals surface area contributed by atoms with Gasteiger partial charge < -0.3 is 14.8 Å². The van der Waals surface area contributed by atoms with Gasteiger partial charge >= 0.3 is 6.61 Å². The molecule has 0 spiro atoms. The number of para-hydroxylation sites is 1. The largest absolute Gasteiger partial charge is 0.493 e. The van der Waals surface area contributed by atoms with E-state index in [1.165, 1.54) is 43.5 Å². The lowest BCUT2D eigenvalue weighted by Gasteiger charge is -2.12. The van der Waals surface area contributed by atoms with Crippen molar-refractivity contribution in [2.24, 2.45) is 0 Å². The molecule has 1 N–H and O–H groups in total. The van der Waals surface area contributed by atoms with Gasteiger partial charge in [0.2, 0.25) is 5.91 Å². The molecule has 0 aromatic heterocycles. The van der Waals surface area contributed by atoms with E-state index in [2.05, 4.69) is 10.1 Å². The molecular formula is C18H16F3NO3. The summed E-state index contributed by atoms with van der Waals surface area (Å²) in [6.45, 7) is -1.32. The SMILES string of the molecule is COc1cccc(C=CC(=O)Nc2cc(F)ccc2C)c1OC(F)F. The number of hydrogen-bond acceptors (Lipinski definition) is 3. The van der Waals surface area contributed by atoms with E-state index < -0.39 is 18.3 Å². The third-order valence-electron chi connectivity index (χ3n) is 3.31. The molecular weight excluding hydrogens is 335 g/mol. The summed E-state index contributed by atoms with van der Waals surface area (Å²) in [5, 5.41) is 2.52. The molecule has 2 rings (SSSR count). The highest BCUT2D eigenvalue weighted by molar-refractivity contribution is 6.02. The van der Waals surface area contributed by atoms with Gasteiger partial charge in [-0.15, -0.1) is 0 Å². The van der Waals surface area contributed by atoms with Gasteiger partial charge in [-0.25, -0.2) is 4.39 Å². The molecule has 132 valence electrons. The number of carbonyl (C=O) groups excluding carboxylic acids is 1. The Balaban J connectivity index is 2.20. The molecule has 1 amide bonds. The number of halogens is 3. The van der Waals surface area contributed by atoms with Crippen molar-refractivity contribution in [2.45, 2.75) is 13.5 Å². The molecule has 0 aliphatic rings. The highest BCUT2D eigenvalue weighted by Gasteiger charge is 2.14. The van der Waals surface area contributed by atoms with Crippen LogP contribution < -0.4 is 14.8 Å². The number of nitrogens with one attached hydrogen (secondary N) is 1. The molecule has 0 aliphatic heterocycles. The van der Waals surface area contributed by atoms with E-state index in [9.17, 15) is 18.0 Å². The van der Waals surface area contributed by atoms with Gasteiger partial charge in [0.1, 0.15) is 5.82 Å². The molecule has 0 radical (unpaired) electrons. The van der Waals surface area contributed by atoms with Crippen LogP contribution in [0.1, 0.15) is 11.1 Å². The molecule has 2 aromatic carbocycles. The van der Waals surface area contributed by atoms with Gasteiger partial charge in [-0.05, 0) is 36.8 Å². The molecule has 2 aromatic rings. The molecule has 0 aliphatic carbocycles. The van der Waals surface area contributed by atoms with Gasteiger partial charge in [-0.1, -0.05) is 18.2 Å². The fourth-order valence-electron chi connectivity index (χ4n) is 2.11. The predicted molar refractivity (Wildman–Crippen MR) is 88.4 cm³/mol. The van der Waals surface area contributed by atoms with Gasteiger partial charge in [-0.2, -0.15) is 8.78 Å². The van der Waals surface area contributed by atoms with Crippen molar-refractivity contribution in [1.82, 2.24) is 0 Å². The third kappa shape index (κ3) is 5.00. The molecule has 7 heteroatoms. The highest BCUT2D eigenvalue weighted by atomic mass is 19.3. The number of ether oxygens (including phenoxy) is 2. The van der Waals surface area contributed by atoms with Gasteiger partial charge in [0.05, 0.1) is 7.11 Å². The first-order valence-corrected chi connectivity index (χ1v) is 7.27. The third-order valence-corrected chi connectivity index (χ3v) is 3.31. The number of rotatable bonds is 6. The van der Waals surface area contributed by atoms with Crippen molar-refractivity contribution in [3.8, 4) is 11.5 Å². The zero-order valence-electron chi connectivity index (χ0n) is 13.6. The molecule has 0 unspecified atom stereocenters. The van der Waals surface area contributed by atoms with Crippen molar-refractivity contribution in [2.75, 3.05) is 12.4 Å². The molecule has 0 heterocycles. The Kier molecular flexibility index (Phi) is 6.05. The maximum atomic E-state index is 13.2. The average Bonchev–Trinajstić information content (AvgIpc) is 2.56. The van der Waals surface area contributed by atoms with Crippen molar-refractivity contribution in [3.63, 3.8) is 0 Å². The number of aryl methyl sites for hydroxylation is 1. The van der Waals surface area contributed by atoms with Crippen molar-refractivity contribution < 1.29 is 27.4 Å². The van der Waals surface area contributed by atoms with Gasteiger partial charge in [0, 0.05) is 17.3 Å². The number of anilines is 1. The Hall–Kier alpha value is -2.96. The number of benzene rings is 2. The summed E-state index contributed by atoms with van der Waals surface area (Å²) in [4.78, 5) is 12.0. The van der Waals surface area contributed by atoms with Crippen LogP contribution in [0.25, 0.3) is 6.08 Å². The zero-order valence-corrected chi connectivity index (χ0v) is 13.6. The molecule has 0 atom stereocenters. The molecule has 0 saturated carbocycles. The van der Waals surface area contributed by atoms with Gasteiger partial charge in [0.15, 0.2) is 11.5 Å². The van der Waals surface area contributed by atoms with Gasteiger partial charge in [0.25, 0.3) is 0 Å². The van der Waals surface area contributed by atoms with Crippen LogP contribution in [-0.4, -0.2) is 19.6 Å². The van der Waals surface area contributed by atoms with Crippen LogP contribution in [0.3, 0.4) is 0 Å². The second-order valence-electron chi connectivity index (χ2n) is 5.04. The molecule has 0 saturated heterocycles. The van der Waals surface area contributed by atoms with E-state index in [0.717, 1.165) is 6.08 Å². The summed E-state index contributed by atoms with van der Waals surface area (Å²) in [5.41, 5.74) is 1.25. The zero-order chi connectivity index (χ0) is 18.4. The fraction of sp³-hybridized carbons (Fsp3) is 0.167. The summed E-state index contributed by atoms with van der Waals surface area (Å²) in [5.74, 6) is -1.08. The minimum atomic E-state index is -3.03. The second-order valence-corrected chi connectivity index (χ2v) is 5.04. The lowest BCUT2D eigenvalue weighted by atomic mass is 10.1. The van der Waals surface area contributed by atoms with Crippen LogP contribution >= 0.6 is 0 Å². The Morgan fingerprint density at radius 2 is 2.00 bits per heavy atom. The van der Waals surface area contributed by atoms with Crippen LogP contribution in [0.2, 0.25) is 0 Å². The summed E-state index contributed by atoms with van der Waals surface area (Å²) in [6, 6.07) is 8.54. The van der Waals surface area contributed by atoms with Crippen LogP contribution in [-0.2, 0) is 4.79 Å². The Labute approximate surface area is 142 Å². The van der Waals surface area contributed by atoms with E-state index in [-0.39, 0.29) is 17.1 Å². The smallest absolute Gasteiger partial charge is 0.387 e.